The van der Waals surface area contributed by atoms with Gasteiger partial charge in [0, 0.05) is 18.0 Å². The van der Waals surface area contributed by atoms with E-state index in [-0.39, 0.29) is 0 Å². The molecule has 0 fully saturated rings. The highest BCUT2D eigenvalue weighted by molar-refractivity contribution is 5.28. The number of hydrogen-bond acceptors (Lipinski definition) is 4. The van der Waals surface area contributed by atoms with Gasteiger partial charge in [-0.2, -0.15) is 0 Å². The van der Waals surface area contributed by atoms with Crippen molar-refractivity contribution in [3.05, 3.63) is 47.9 Å². The molecule has 0 saturated heterocycles. The highest BCUT2D eigenvalue weighted by Gasteiger charge is 2.04. The second kappa shape index (κ2) is 4.93. The minimum atomic E-state index is -0.531. The van der Waals surface area contributed by atoms with E-state index in [1.165, 1.54) is 0 Å². The topological polar surface area (TPSA) is 55.2 Å². The average molecular weight is 230 g/mol. The van der Waals surface area contributed by atoms with Crippen molar-refractivity contribution in [1.82, 2.24) is 9.97 Å². The maximum absolute atomic E-state index is 9.45. The first-order valence-electron chi connectivity index (χ1n) is 5.39. The van der Waals surface area contributed by atoms with Crippen molar-refractivity contribution in [2.75, 3.05) is 0 Å². The minimum absolute atomic E-state index is 0.453. The van der Waals surface area contributed by atoms with E-state index in [1.807, 2.05) is 19.1 Å². The second-order valence-electron chi connectivity index (χ2n) is 3.84. The monoisotopic (exact) mass is 230 g/mol. The van der Waals surface area contributed by atoms with Crippen LogP contribution in [-0.4, -0.2) is 15.1 Å². The van der Waals surface area contributed by atoms with Gasteiger partial charge in [-0.15, -0.1) is 0 Å². The zero-order valence-corrected chi connectivity index (χ0v) is 9.79. The van der Waals surface area contributed by atoms with E-state index >= 15 is 0 Å². The Labute approximate surface area is 99.9 Å². The van der Waals surface area contributed by atoms with Gasteiger partial charge in [-0.1, -0.05) is 0 Å². The summed E-state index contributed by atoms with van der Waals surface area (Å²) < 4.78 is 5.54. The fraction of sp³-hybridized carbons (Fsp3) is 0.231. The van der Waals surface area contributed by atoms with Crippen LogP contribution < -0.4 is 4.74 Å². The summed E-state index contributed by atoms with van der Waals surface area (Å²) in [5.74, 6) is 1.08. The first kappa shape index (κ1) is 11.5. The fourth-order valence-corrected chi connectivity index (χ4v) is 1.38. The number of rotatable bonds is 3. The lowest BCUT2D eigenvalue weighted by Crippen LogP contribution is -1.94. The van der Waals surface area contributed by atoms with Crippen LogP contribution in [0.15, 0.2) is 36.7 Å². The molecule has 0 unspecified atom stereocenters. The molecule has 0 aliphatic heterocycles. The Hall–Kier alpha value is -1.94. The zero-order chi connectivity index (χ0) is 12.3. The SMILES string of the molecule is Cc1ccc(Oc2cc([C@H](C)O)ccn2)cn1. The van der Waals surface area contributed by atoms with Gasteiger partial charge in [0.25, 0.3) is 0 Å². The summed E-state index contributed by atoms with van der Waals surface area (Å²) in [5.41, 5.74) is 1.71. The Bertz CT molecular complexity index is 495. The van der Waals surface area contributed by atoms with Crippen LogP contribution >= 0.6 is 0 Å². The first-order chi connectivity index (χ1) is 8.15. The third kappa shape index (κ3) is 3.01. The maximum Gasteiger partial charge on any atom is 0.219 e. The van der Waals surface area contributed by atoms with E-state index < -0.39 is 6.10 Å². The lowest BCUT2D eigenvalue weighted by atomic mass is 10.2. The number of hydrogen-bond donors (Lipinski definition) is 1. The summed E-state index contributed by atoms with van der Waals surface area (Å²) in [7, 11) is 0. The van der Waals surface area contributed by atoms with E-state index in [4.69, 9.17) is 4.74 Å². The van der Waals surface area contributed by atoms with Gasteiger partial charge in [0.1, 0.15) is 5.75 Å². The van der Waals surface area contributed by atoms with Crippen LogP contribution in [0.1, 0.15) is 24.3 Å². The summed E-state index contributed by atoms with van der Waals surface area (Å²) >= 11 is 0. The van der Waals surface area contributed by atoms with Crippen LogP contribution in [0.25, 0.3) is 0 Å². The summed E-state index contributed by atoms with van der Waals surface area (Å²) in [6, 6.07) is 7.17. The van der Waals surface area contributed by atoms with Crippen molar-refractivity contribution in [3.8, 4) is 11.6 Å². The van der Waals surface area contributed by atoms with Crippen molar-refractivity contribution < 1.29 is 9.84 Å². The van der Waals surface area contributed by atoms with Crippen molar-refractivity contribution in [3.63, 3.8) is 0 Å². The van der Waals surface area contributed by atoms with Gasteiger partial charge in [0.05, 0.1) is 12.3 Å². The molecule has 0 bridgehead atoms. The third-order valence-electron chi connectivity index (χ3n) is 2.35. The molecule has 2 aromatic heterocycles. The molecule has 2 heterocycles. The molecule has 0 aliphatic rings. The van der Waals surface area contributed by atoms with E-state index in [2.05, 4.69) is 9.97 Å². The van der Waals surface area contributed by atoms with Gasteiger partial charge >= 0.3 is 0 Å². The van der Waals surface area contributed by atoms with Crippen molar-refractivity contribution in [1.29, 1.82) is 0 Å². The molecule has 88 valence electrons. The molecule has 0 radical (unpaired) electrons. The van der Waals surface area contributed by atoms with Crippen LogP contribution in [0, 0.1) is 6.92 Å². The van der Waals surface area contributed by atoms with E-state index in [9.17, 15) is 5.11 Å². The summed E-state index contributed by atoms with van der Waals surface area (Å²) in [5, 5.41) is 9.45. The minimum Gasteiger partial charge on any atom is -0.437 e. The van der Waals surface area contributed by atoms with Crippen LogP contribution in [-0.2, 0) is 0 Å². The van der Waals surface area contributed by atoms with Gasteiger partial charge < -0.3 is 9.84 Å². The number of aliphatic hydroxyl groups excluding tert-OH is 1. The summed E-state index contributed by atoms with van der Waals surface area (Å²) in [4.78, 5) is 8.21. The zero-order valence-electron chi connectivity index (χ0n) is 9.79. The number of aliphatic hydroxyl groups is 1. The number of aromatic nitrogens is 2. The Morgan fingerprint density at radius 3 is 2.71 bits per heavy atom. The Morgan fingerprint density at radius 2 is 2.06 bits per heavy atom. The number of pyridine rings is 2. The molecule has 0 aliphatic carbocycles. The molecule has 0 spiro atoms. The normalized spacial score (nSPS) is 12.2. The third-order valence-corrected chi connectivity index (χ3v) is 2.35. The molecule has 4 heteroatoms. The predicted octanol–water partition coefficient (Wildman–Crippen LogP) is 2.63. The second-order valence-corrected chi connectivity index (χ2v) is 3.84. The van der Waals surface area contributed by atoms with Crippen LogP contribution in [0.5, 0.6) is 11.6 Å². The highest BCUT2D eigenvalue weighted by Crippen LogP contribution is 2.21. The van der Waals surface area contributed by atoms with E-state index in [0.717, 1.165) is 11.3 Å². The molecular formula is C13H14N2O2. The molecule has 17 heavy (non-hydrogen) atoms. The lowest BCUT2D eigenvalue weighted by molar-refractivity contribution is 0.198. The quantitative estimate of drug-likeness (QED) is 0.880. The number of aryl methyl sites for hydroxylation is 1. The Balaban J connectivity index is 2.18. The van der Waals surface area contributed by atoms with Gasteiger partial charge in [-0.05, 0) is 37.6 Å². The van der Waals surface area contributed by atoms with Crippen molar-refractivity contribution in [2.24, 2.45) is 0 Å². The van der Waals surface area contributed by atoms with Gasteiger partial charge in [-0.3, -0.25) is 4.98 Å². The maximum atomic E-state index is 9.45. The van der Waals surface area contributed by atoms with E-state index in [1.54, 1.807) is 31.5 Å². The highest BCUT2D eigenvalue weighted by atomic mass is 16.5. The molecule has 4 nitrogen and oxygen atoms in total. The van der Waals surface area contributed by atoms with Crippen LogP contribution in [0.2, 0.25) is 0 Å². The Kier molecular flexibility index (Phi) is 3.35. The smallest absolute Gasteiger partial charge is 0.219 e. The molecule has 0 amide bonds. The molecule has 0 saturated carbocycles. The molecule has 0 aromatic carbocycles. The first-order valence-corrected chi connectivity index (χ1v) is 5.39. The molecule has 1 N–H and O–H groups in total. The standard InChI is InChI=1S/C13H14N2O2/c1-9-3-4-12(8-15-9)17-13-7-11(10(2)16)5-6-14-13/h3-8,10,16H,1-2H3/t10-/m0/s1. The molecule has 2 aromatic rings. The summed E-state index contributed by atoms with van der Waals surface area (Å²) in [6.45, 7) is 3.61. The molecule has 2 rings (SSSR count). The van der Waals surface area contributed by atoms with Crippen LogP contribution in [0.3, 0.4) is 0 Å². The van der Waals surface area contributed by atoms with Crippen molar-refractivity contribution >= 4 is 0 Å². The average Bonchev–Trinajstić information content (AvgIpc) is 2.32. The van der Waals surface area contributed by atoms with Crippen LogP contribution in [0.4, 0.5) is 0 Å². The van der Waals surface area contributed by atoms with Gasteiger partial charge in [-0.25, -0.2) is 4.98 Å². The number of ether oxygens (including phenoxy) is 1. The van der Waals surface area contributed by atoms with Gasteiger partial charge in [0.2, 0.25) is 5.88 Å². The molecular weight excluding hydrogens is 216 g/mol. The lowest BCUT2D eigenvalue weighted by Gasteiger charge is -2.07. The summed E-state index contributed by atoms with van der Waals surface area (Å²) in [6.07, 6.45) is 2.72. The largest absolute Gasteiger partial charge is 0.437 e. The number of nitrogens with zero attached hydrogens (tertiary/aromatic N) is 2. The Morgan fingerprint density at radius 1 is 1.24 bits per heavy atom. The van der Waals surface area contributed by atoms with E-state index in [0.29, 0.717) is 11.6 Å². The van der Waals surface area contributed by atoms with Crippen molar-refractivity contribution in [2.45, 2.75) is 20.0 Å². The molecule has 1 atom stereocenters. The predicted molar refractivity (Wildman–Crippen MR) is 63.9 cm³/mol. The fourth-order valence-electron chi connectivity index (χ4n) is 1.38. The van der Waals surface area contributed by atoms with Gasteiger partial charge in [0.15, 0.2) is 0 Å².